The van der Waals surface area contributed by atoms with Gasteiger partial charge in [-0.25, -0.2) is 0 Å². The summed E-state index contributed by atoms with van der Waals surface area (Å²) in [6.07, 6.45) is 1.69. The third kappa shape index (κ3) is 8.53. The number of carbonyl (C=O) groups is 3. The molecule has 2 N–H and O–H groups in total. The van der Waals surface area contributed by atoms with Crippen molar-refractivity contribution in [1.29, 1.82) is 0 Å². The molecule has 0 spiro atoms. The molecule has 0 aliphatic heterocycles. The second-order valence-corrected chi connectivity index (χ2v) is 12.1. The summed E-state index contributed by atoms with van der Waals surface area (Å²) in [5.41, 5.74) is 5.98. The van der Waals surface area contributed by atoms with E-state index in [0.29, 0.717) is 22.7 Å². The van der Waals surface area contributed by atoms with Crippen molar-refractivity contribution in [3.8, 4) is 5.75 Å². The Bertz CT molecular complexity index is 1380. The fourth-order valence-electron chi connectivity index (χ4n) is 4.58. The van der Waals surface area contributed by atoms with Crippen LogP contribution in [0, 0.1) is 13.8 Å². The molecular formula is C35H44N2O4. The molecule has 6 nitrogen and oxygen atoms in total. The van der Waals surface area contributed by atoms with Gasteiger partial charge in [0.25, 0.3) is 5.91 Å². The number of ether oxygens (including phenoxy) is 1. The molecule has 3 aromatic carbocycles. The minimum atomic E-state index is -0.369. The highest BCUT2D eigenvalue weighted by molar-refractivity contribution is 6.11. The van der Waals surface area contributed by atoms with Crippen LogP contribution < -0.4 is 15.4 Å². The van der Waals surface area contributed by atoms with Crippen LogP contribution in [-0.2, 0) is 20.4 Å². The summed E-state index contributed by atoms with van der Waals surface area (Å²) in [6.45, 7) is 17.0. The van der Waals surface area contributed by atoms with Gasteiger partial charge in [0.2, 0.25) is 5.91 Å². The molecule has 0 heterocycles. The zero-order valence-electron chi connectivity index (χ0n) is 25.7. The first kappa shape index (κ1) is 31.6. The normalized spacial score (nSPS) is 11.6. The molecule has 0 aliphatic rings. The van der Waals surface area contributed by atoms with Crippen molar-refractivity contribution in [3.63, 3.8) is 0 Å². The van der Waals surface area contributed by atoms with Crippen LogP contribution in [0.4, 0.5) is 11.4 Å². The number of ketones is 1. The lowest BCUT2D eigenvalue weighted by atomic mass is 9.76. The Morgan fingerprint density at radius 2 is 1.29 bits per heavy atom. The van der Waals surface area contributed by atoms with Crippen LogP contribution in [0.2, 0.25) is 0 Å². The van der Waals surface area contributed by atoms with E-state index in [1.54, 1.807) is 24.3 Å². The predicted molar refractivity (Wildman–Crippen MR) is 167 cm³/mol. The molecule has 0 saturated carbocycles. The molecule has 2 amide bonds. The van der Waals surface area contributed by atoms with E-state index in [9.17, 15) is 14.4 Å². The maximum atomic E-state index is 12.7. The summed E-state index contributed by atoms with van der Waals surface area (Å²) in [5.74, 6) is -0.252. The maximum absolute atomic E-state index is 12.7. The molecule has 0 atom stereocenters. The third-order valence-corrected chi connectivity index (χ3v) is 7.93. The van der Waals surface area contributed by atoms with Crippen molar-refractivity contribution in [2.75, 3.05) is 17.2 Å². The van der Waals surface area contributed by atoms with Gasteiger partial charge in [-0.2, -0.15) is 0 Å². The number of aryl methyl sites for hydroxylation is 2. The summed E-state index contributed by atoms with van der Waals surface area (Å²) < 4.78 is 6.02. The summed E-state index contributed by atoms with van der Waals surface area (Å²) in [4.78, 5) is 37.8. The third-order valence-electron chi connectivity index (χ3n) is 7.93. The first-order valence-corrected chi connectivity index (χ1v) is 14.3. The second kappa shape index (κ2) is 13.2. The number of nitrogens with one attached hydrogen (secondary N) is 2. The Balaban J connectivity index is 1.60. The first-order chi connectivity index (χ1) is 19.2. The first-order valence-electron chi connectivity index (χ1n) is 14.3. The minimum Gasteiger partial charge on any atom is -0.483 e. The van der Waals surface area contributed by atoms with Gasteiger partial charge >= 0.3 is 0 Å². The van der Waals surface area contributed by atoms with E-state index in [1.165, 1.54) is 5.56 Å². The molecule has 3 rings (SSSR count). The molecule has 0 unspecified atom stereocenters. The number of amides is 2. The topological polar surface area (TPSA) is 84.5 Å². The van der Waals surface area contributed by atoms with E-state index in [4.69, 9.17) is 4.74 Å². The van der Waals surface area contributed by atoms with Crippen LogP contribution in [0.5, 0.6) is 5.75 Å². The molecule has 0 aliphatic carbocycles. The molecule has 41 heavy (non-hydrogen) atoms. The predicted octanol–water partition coefficient (Wildman–Crippen LogP) is 7.91. The second-order valence-electron chi connectivity index (χ2n) is 12.1. The Morgan fingerprint density at radius 1 is 0.707 bits per heavy atom. The van der Waals surface area contributed by atoms with Crippen LogP contribution in [-0.4, -0.2) is 24.2 Å². The molecular weight excluding hydrogens is 512 g/mol. The monoisotopic (exact) mass is 556 g/mol. The van der Waals surface area contributed by atoms with Crippen LogP contribution in [0.1, 0.15) is 93.4 Å². The highest BCUT2D eigenvalue weighted by atomic mass is 16.5. The van der Waals surface area contributed by atoms with Crippen LogP contribution in [0.15, 0.2) is 60.7 Å². The minimum absolute atomic E-state index is 0.0476. The Labute approximate surface area is 244 Å². The lowest BCUT2D eigenvalue weighted by molar-refractivity contribution is -0.118. The number of hydrogen-bond donors (Lipinski definition) is 2. The fourth-order valence-corrected chi connectivity index (χ4v) is 4.58. The van der Waals surface area contributed by atoms with Gasteiger partial charge in [0.15, 0.2) is 12.4 Å². The van der Waals surface area contributed by atoms with Crippen molar-refractivity contribution < 1.29 is 19.1 Å². The van der Waals surface area contributed by atoms with E-state index in [1.807, 2.05) is 38.1 Å². The van der Waals surface area contributed by atoms with Crippen molar-refractivity contribution in [2.45, 2.75) is 85.5 Å². The van der Waals surface area contributed by atoms with Crippen LogP contribution >= 0.6 is 0 Å². The average molecular weight is 557 g/mol. The van der Waals surface area contributed by atoms with E-state index in [-0.39, 0.29) is 41.5 Å². The zero-order chi connectivity index (χ0) is 30.4. The standard InChI is InChI=1S/C35H44N2O4/c1-9-34(5,6)26-13-16-31(29(20-26)35(7,8)10-2)41-22-33(40)36-27-14-11-25(12-15-27)30(38)21-32(39)37-28-18-23(3)17-24(4)19-28/h11-20H,9-10,21-22H2,1-8H3,(H,36,40)(H,37,39). The number of hydrogen-bond acceptors (Lipinski definition) is 4. The largest absolute Gasteiger partial charge is 0.483 e. The number of carbonyl (C=O) groups excluding carboxylic acids is 3. The highest BCUT2D eigenvalue weighted by Gasteiger charge is 2.27. The van der Waals surface area contributed by atoms with Gasteiger partial charge in [-0.15, -0.1) is 0 Å². The molecule has 0 bridgehead atoms. The SMILES string of the molecule is CCC(C)(C)c1ccc(OCC(=O)Nc2ccc(C(=O)CC(=O)Nc3cc(C)cc(C)c3)cc2)c(C(C)(C)CC)c1. The summed E-state index contributed by atoms with van der Waals surface area (Å²) in [6, 6.07) is 18.6. The van der Waals surface area contributed by atoms with Gasteiger partial charge in [0.1, 0.15) is 5.75 Å². The lowest BCUT2D eigenvalue weighted by Gasteiger charge is -2.30. The highest BCUT2D eigenvalue weighted by Crippen LogP contribution is 2.38. The molecule has 0 fully saturated rings. The van der Waals surface area contributed by atoms with E-state index >= 15 is 0 Å². The lowest BCUT2D eigenvalue weighted by Crippen LogP contribution is -2.24. The van der Waals surface area contributed by atoms with Gasteiger partial charge in [-0.3, -0.25) is 14.4 Å². The van der Waals surface area contributed by atoms with E-state index < -0.39 is 0 Å². The Morgan fingerprint density at radius 3 is 1.88 bits per heavy atom. The van der Waals surface area contributed by atoms with Gasteiger partial charge in [0, 0.05) is 22.5 Å². The van der Waals surface area contributed by atoms with Gasteiger partial charge in [-0.05, 0) is 96.7 Å². The molecule has 0 aromatic heterocycles. The van der Waals surface area contributed by atoms with Crippen LogP contribution in [0.3, 0.4) is 0 Å². The van der Waals surface area contributed by atoms with E-state index in [2.05, 4.69) is 64.3 Å². The number of Topliss-reactive ketones (excluding diaryl/α,β-unsaturated/α-hetero) is 1. The zero-order valence-corrected chi connectivity index (χ0v) is 25.7. The molecule has 3 aromatic rings. The molecule has 218 valence electrons. The maximum Gasteiger partial charge on any atom is 0.262 e. The Kier molecular flexibility index (Phi) is 10.1. The van der Waals surface area contributed by atoms with Crippen molar-refractivity contribution in [1.82, 2.24) is 0 Å². The summed E-state index contributed by atoms with van der Waals surface area (Å²) in [7, 11) is 0. The van der Waals surface area contributed by atoms with Crippen molar-refractivity contribution in [3.05, 3.63) is 88.5 Å². The summed E-state index contributed by atoms with van der Waals surface area (Å²) in [5, 5.41) is 5.61. The smallest absolute Gasteiger partial charge is 0.262 e. The molecule has 0 saturated heterocycles. The summed E-state index contributed by atoms with van der Waals surface area (Å²) >= 11 is 0. The van der Waals surface area contributed by atoms with Crippen molar-refractivity contribution in [2.24, 2.45) is 0 Å². The molecule has 0 radical (unpaired) electrons. The van der Waals surface area contributed by atoms with E-state index in [0.717, 1.165) is 29.5 Å². The van der Waals surface area contributed by atoms with Gasteiger partial charge in [0.05, 0.1) is 6.42 Å². The van der Waals surface area contributed by atoms with Gasteiger partial charge in [-0.1, -0.05) is 59.7 Å². The quantitative estimate of drug-likeness (QED) is 0.175. The number of anilines is 2. The van der Waals surface area contributed by atoms with Crippen LogP contribution in [0.25, 0.3) is 0 Å². The number of rotatable bonds is 12. The Hall–Kier alpha value is -3.93. The van der Waals surface area contributed by atoms with Gasteiger partial charge < -0.3 is 15.4 Å². The van der Waals surface area contributed by atoms with Crippen molar-refractivity contribution >= 4 is 29.0 Å². The fraction of sp³-hybridized carbons (Fsp3) is 0.400. The average Bonchev–Trinajstić information content (AvgIpc) is 2.91. The molecule has 6 heteroatoms. The number of benzene rings is 3.